The predicted octanol–water partition coefficient (Wildman–Crippen LogP) is 2.67. The molecule has 0 aliphatic heterocycles. The van der Waals surface area contributed by atoms with Crippen molar-refractivity contribution in [2.24, 2.45) is 5.14 Å². The summed E-state index contributed by atoms with van der Waals surface area (Å²) in [7, 11) is -2.47. The van der Waals surface area contributed by atoms with Gasteiger partial charge in [0, 0.05) is 19.0 Å². The first-order chi connectivity index (χ1) is 14.1. The molecule has 0 aliphatic rings. The van der Waals surface area contributed by atoms with Crippen LogP contribution in [0.2, 0.25) is 0 Å². The maximum Gasteiger partial charge on any atom is 0.245 e. The largest absolute Gasteiger partial charge is 0.286 e. The van der Waals surface area contributed by atoms with Crippen LogP contribution in [-0.4, -0.2) is 41.4 Å². The third-order valence-electron chi connectivity index (χ3n) is 4.70. The van der Waals surface area contributed by atoms with Gasteiger partial charge in [0.15, 0.2) is 0 Å². The van der Waals surface area contributed by atoms with E-state index in [0.29, 0.717) is 23.6 Å². The summed E-state index contributed by atoms with van der Waals surface area (Å²) in [5.41, 5.74) is 4.42. The van der Waals surface area contributed by atoms with Crippen LogP contribution in [0.1, 0.15) is 24.1 Å². The van der Waals surface area contributed by atoms with E-state index in [0.717, 1.165) is 22.5 Å². The highest BCUT2D eigenvalue weighted by Gasteiger charge is 2.14. The Kier molecular flexibility index (Phi) is 6.35. The van der Waals surface area contributed by atoms with Gasteiger partial charge in [-0.3, -0.25) is 10.0 Å². The van der Waals surface area contributed by atoms with Gasteiger partial charge >= 0.3 is 0 Å². The molecule has 0 unspecified atom stereocenters. The number of primary sulfonamides is 1. The topological polar surface area (TPSA) is 119 Å². The average Bonchev–Trinajstić information content (AvgIpc) is 3.12. The van der Waals surface area contributed by atoms with Crippen molar-refractivity contribution in [2.45, 2.75) is 31.1 Å². The van der Waals surface area contributed by atoms with Crippen molar-refractivity contribution >= 4 is 15.9 Å². The average molecular weight is 429 g/mol. The Bertz CT molecular complexity index is 1130. The van der Waals surface area contributed by atoms with Crippen molar-refractivity contribution in [2.75, 3.05) is 7.05 Å². The van der Waals surface area contributed by atoms with Crippen LogP contribution < -0.4 is 5.14 Å². The van der Waals surface area contributed by atoms with Crippen LogP contribution >= 0.6 is 0 Å². The minimum absolute atomic E-state index is 0.0298. The van der Waals surface area contributed by atoms with E-state index in [9.17, 15) is 18.4 Å². The molecule has 0 spiro atoms. The van der Waals surface area contributed by atoms with E-state index >= 15 is 0 Å². The molecule has 0 saturated carbocycles. The van der Waals surface area contributed by atoms with Crippen molar-refractivity contribution in [1.82, 2.24) is 14.8 Å². The summed E-state index contributed by atoms with van der Waals surface area (Å²) in [6.45, 7) is 2.01. The lowest BCUT2D eigenvalue weighted by Crippen LogP contribution is -2.22. The molecule has 30 heavy (non-hydrogen) atoms. The van der Waals surface area contributed by atoms with E-state index < -0.39 is 10.0 Å². The molecule has 9 heteroatoms. The number of rotatable bonds is 7. The predicted molar refractivity (Wildman–Crippen MR) is 113 cm³/mol. The zero-order chi connectivity index (χ0) is 21.9. The first-order valence-electron chi connectivity index (χ1n) is 9.40. The quantitative estimate of drug-likeness (QED) is 0.443. The Hall–Kier alpha value is -3.01. The van der Waals surface area contributed by atoms with Crippen molar-refractivity contribution in [3.05, 3.63) is 65.9 Å². The Morgan fingerprint density at radius 3 is 2.33 bits per heavy atom. The van der Waals surface area contributed by atoms with E-state index in [1.165, 1.54) is 19.2 Å². The van der Waals surface area contributed by atoms with Crippen molar-refractivity contribution in [3.63, 3.8) is 0 Å². The van der Waals surface area contributed by atoms with Gasteiger partial charge in [0.05, 0.1) is 22.0 Å². The maximum atomic E-state index is 11.6. The highest BCUT2D eigenvalue weighted by molar-refractivity contribution is 7.89. The molecule has 0 fully saturated rings. The number of aromatic nitrogens is 2. The summed E-state index contributed by atoms with van der Waals surface area (Å²) in [5.74, 6) is -0.355. The SMILES string of the molecule is Cc1ccc(-c2cc(CCCC(=O)N(C)O)nn2-c2ccc(S(N)(=O)=O)cc2)cc1. The van der Waals surface area contributed by atoms with Crippen molar-refractivity contribution < 1.29 is 18.4 Å². The molecular weight excluding hydrogens is 404 g/mol. The molecule has 0 radical (unpaired) electrons. The first-order valence-corrected chi connectivity index (χ1v) is 10.9. The second-order valence-corrected chi connectivity index (χ2v) is 8.67. The minimum atomic E-state index is -3.78. The van der Waals surface area contributed by atoms with E-state index in [1.54, 1.807) is 16.8 Å². The number of sulfonamides is 1. The summed E-state index contributed by atoms with van der Waals surface area (Å²) < 4.78 is 24.8. The van der Waals surface area contributed by atoms with Gasteiger partial charge in [-0.1, -0.05) is 29.8 Å². The van der Waals surface area contributed by atoms with Gasteiger partial charge in [0.1, 0.15) is 0 Å². The Balaban J connectivity index is 1.94. The maximum absolute atomic E-state index is 11.6. The van der Waals surface area contributed by atoms with Crippen LogP contribution in [0.15, 0.2) is 59.5 Å². The van der Waals surface area contributed by atoms with Gasteiger partial charge in [0.2, 0.25) is 15.9 Å². The number of aryl methyl sites for hydroxylation is 2. The van der Waals surface area contributed by atoms with Gasteiger partial charge in [0.25, 0.3) is 0 Å². The van der Waals surface area contributed by atoms with Crippen molar-refractivity contribution in [1.29, 1.82) is 0 Å². The number of carbonyl (C=O) groups is 1. The van der Waals surface area contributed by atoms with Gasteiger partial charge in [-0.05, 0) is 50.1 Å². The van der Waals surface area contributed by atoms with E-state index in [2.05, 4.69) is 5.10 Å². The molecule has 0 aliphatic carbocycles. The second-order valence-electron chi connectivity index (χ2n) is 7.11. The van der Waals surface area contributed by atoms with Crippen LogP contribution in [0.25, 0.3) is 16.9 Å². The van der Waals surface area contributed by atoms with Crippen LogP contribution in [0.5, 0.6) is 0 Å². The minimum Gasteiger partial charge on any atom is -0.286 e. The van der Waals surface area contributed by atoms with Crippen molar-refractivity contribution in [3.8, 4) is 16.9 Å². The number of nitrogens with two attached hydrogens (primary N) is 1. The van der Waals surface area contributed by atoms with E-state index in [-0.39, 0.29) is 17.2 Å². The Labute approximate surface area is 175 Å². The smallest absolute Gasteiger partial charge is 0.245 e. The fourth-order valence-corrected chi connectivity index (χ4v) is 3.55. The second kappa shape index (κ2) is 8.78. The molecule has 2 aromatic carbocycles. The van der Waals surface area contributed by atoms with Gasteiger partial charge < -0.3 is 0 Å². The molecule has 3 rings (SSSR count). The van der Waals surface area contributed by atoms with Crippen LogP contribution in [0.3, 0.4) is 0 Å². The normalized spacial score (nSPS) is 11.5. The Morgan fingerprint density at radius 2 is 1.77 bits per heavy atom. The molecule has 1 aromatic heterocycles. The molecule has 3 N–H and O–H groups in total. The fourth-order valence-electron chi connectivity index (χ4n) is 3.04. The molecule has 0 atom stereocenters. The van der Waals surface area contributed by atoms with Crippen LogP contribution in [-0.2, 0) is 21.2 Å². The molecule has 3 aromatic rings. The monoisotopic (exact) mass is 428 g/mol. The summed E-state index contributed by atoms with van der Waals surface area (Å²) in [5, 5.41) is 19.6. The number of hydroxylamine groups is 2. The van der Waals surface area contributed by atoms with Crippen LogP contribution in [0, 0.1) is 6.92 Å². The number of nitrogens with zero attached hydrogens (tertiary/aromatic N) is 3. The van der Waals surface area contributed by atoms with Crippen LogP contribution in [0.4, 0.5) is 0 Å². The lowest BCUT2D eigenvalue weighted by molar-refractivity contribution is -0.159. The fraction of sp³-hybridized carbons (Fsp3) is 0.238. The molecular formula is C21H24N4O4S. The third kappa shape index (κ3) is 5.12. The summed E-state index contributed by atoms with van der Waals surface area (Å²) >= 11 is 0. The third-order valence-corrected chi connectivity index (χ3v) is 5.63. The standard InChI is InChI=1S/C21H24N4O4S/c1-15-6-8-16(9-7-15)20-14-17(4-3-5-21(26)24(2)27)23-25(20)18-10-12-19(13-11-18)30(22,28)29/h6-14,27H,3-5H2,1-2H3,(H2,22,28,29). The van der Waals surface area contributed by atoms with Gasteiger partial charge in [-0.2, -0.15) is 5.10 Å². The summed E-state index contributed by atoms with van der Waals surface area (Å²) in [6, 6.07) is 16.1. The number of carbonyl (C=O) groups excluding carboxylic acids is 1. The summed E-state index contributed by atoms with van der Waals surface area (Å²) in [4.78, 5) is 11.6. The van der Waals surface area contributed by atoms with Gasteiger partial charge in [-0.15, -0.1) is 0 Å². The number of hydrogen-bond donors (Lipinski definition) is 2. The zero-order valence-corrected chi connectivity index (χ0v) is 17.6. The van der Waals surface area contributed by atoms with Gasteiger partial charge in [-0.25, -0.2) is 23.3 Å². The Morgan fingerprint density at radius 1 is 1.13 bits per heavy atom. The molecule has 8 nitrogen and oxygen atoms in total. The molecule has 0 bridgehead atoms. The summed E-state index contributed by atoms with van der Waals surface area (Å²) in [6.07, 6.45) is 1.31. The number of benzene rings is 2. The number of amides is 1. The lowest BCUT2D eigenvalue weighted by Gasteiger charge is -2.09. The molecule has 1 heterocycles. The number of hydrogen-bond acceptors (Lipinski definition) is 5. The zero-order valence-electron chi connectivity index (χ0n) is 16.8. The molecule has 0 saturated heterocycles. The molecule has 158 valence electrons. The highest BCUT2D eigenvalue weighted by Crippen LogP contribution is 2.26. The highest BCUT2D eigenvalue weighted by atomic mass is 32.2. The lowest BCUT2D eigenvalue weighted by atomic mass is 10.1. The first kappa shape index (κ1) is 21.7. The van der Waals surface area contributed by atoms with E-state index in [1.807, 2.05) is 37.3 Å². The molecule has 1 amide bonds. The van der Waals surface area contributed by atoms with E-state index in [4.69, 9.17) is 5.14 Å².